The Labute approximate surface area is 127 Å². The first kappa shape index (κ1) is 15.8. The van der Waals surface area contributed by atoms with E-state index in [9.17, 15) is 4.79 Å². The average Bonchev–Trinajstić information content (AvgIpc) is 3.34. The van der Waals surface area contributed by atoms with E-state index in [0.717, 1.165) is 37.1 Å². The molecule has 0 bridgehead atoms. The van der Waals surface area contributed by atoms with Gasteiger partial charge in [0.15, 0.2) is 6.61 Å². The molecule has 21 heavy (non-hydrogen) atoms. The Hall–Kier alpha value is -1.55. The van der Waals surface area contributed by atoms with Crippen LogP contribution in [0.1, 0.15) is 44.7 Å². The maximum atomic E-state index is 12.1. The van der Waals surface area contributed by atoms with Crippen molar-refractivity contribution in [3.8, 4) is 5.75 Å². The zero-order valence-electron chi connectivity index (χ0n) is 13.3. The highest BCUT2D eigenvalue weighted by molar-refractivity contribution is 5.78. The summed E-state index contributed by atoms with van der Waals surface area (Å²) in [7, 11) is 1.86. The maximum Gasteiger partial charge on any atom is 0.260 e. The number of hydrogen-bond donors (Lipinski definition) is 1. The molecular formula is C17H26N2O2. The summed E-state index contributed by atoms with van der Waals surface area (Å²) in [5.41, 5.74) is 1.13. The van der Waals surface area contributed by atoms with Crippen LogP contribution < -0.4 is 10.1 Å². The highest BCUT2D eigenvalue weighted by Crippen LogP contribution is 2.28. The number of para-hydroxylation sites is 1. The van der Waals surface area contributed by atoms with E-state index < -0.39 is 0 Å². The average molecular weight is 290 g/mol. The molecule has 2 rings (SSSR count). The molecule has 1 saturated carbocycles. The van der Waals surface area contributed by atoms with Gasteiger partial charge in [0.1, 0.15) is 5.75 Å². The molecule has 1 N–H and O–H groups in total. The van der Waals surface area contributed by atoms with Gasteiger partial charge in [-0.3, -0.25) is 4.79 Å². The zero-order valence-corrected chi connectivity index (χ0v) is 13.3. The topological polar surface area (TPSA) is 41.6 Å². The third-order valence-corrected chi connectivity index (χ3v) is 3.99. The Morgan fingerprint density at radius 2 is 2.10 bits per heavy atom. The summed E-state index contributed by atoms with van der Waals surface area (Å²) in [6, 6.07) is 8.68. The molecule has 4 heteroatoms. The number of amides is 1. The molecule has 1 atom stereocenters. The smallest absolute Gasteiger partial charge is 0.260 e. The fraction of sp³-hybridized carbons (Fsp3) is 0.588. The Morgan fingerprint density at radius 1 is 1.38 bits per heavy atom. The van der Waals surface area contributed by atoms with Crippen LogP contribution >= 0.6 is 0 Å². The van der Waals surface area contributed by atoms with Gasteiger partial charge in [-0.2, -0.15) is 0 Å². The molecule has 0 heterocycles. The van der Waals surface area contributed by atoms with Gasteiger partial charge in [-0.1, -0.05) is 32.0 Å². The van der Waals surface area contributed by atoms with Gasteiger partial charge in [-0.15, -0.1) is 0 Å². The lowest BCUT2D eigenvalue weighted by atomic mass is 10.0. The van der Waals surface area contributed by atoms with Gasteiger partial charge >= 0.3 is 0 Å². The molecule has 0 aromatic heterocycles. The third-order valence-electron chi connectivity index (χ3n) is 3.99. The number of hydrogen-bond acceptors (Lipinski definition) is 3. The van der Waals surface area contributed by atoms with Gasteiger partial charge in [0.25, 0.3) is 5.91 Å². The molecule has 116 valence electrons. The number of benzene rings is 1. The molecule has 1 aromatic rings. The monoisotopic (exact) mass is 290 g/mol. The van der Waals surface area contributed by atoms with Gasteiger partial charge in [-0.25, -0.2) is 0 Å². The maximum absolute atomic E-state index is 12.1. The van der Waals surface area contributed by atoms with E-state index in [-0.39, 0.29) is 18.6 Å². The van der Waals surface area contributed by atoms with E-state index in [1.54, 1.807) is 0 Å². The molecule has 0 aliphatic heterocycles. The van der Waals surface area contributed by atoms with Crippen LogP contribution in [0.3, 0.4) is 0 Å². The summed E-state index contributed by atoms with van der Waals surface area (Å²) < 4.78 is 5.80. The van der Waals surface area contributed by atoms with E-state index in [2.05, 4.69) is 25.2 Å². The standard InChI is InChI=1S/C17H26N2O2/c1-4-15(18-5-2)14-8-6-7-9-16(14)21-12-17(20)19(3)13-10-11-13/h6-9,13,15,18H,4-5,10-12H2,1-3H3. The summed E-state index contributed by atoms with van der Waals surface area (Å²) in [6.07, 6.45) is 3.23. The second-order valence-electron chi connectivity index (χ2n) is 5.58. The Balaban J connectivity index is 2.00. The fourth-order valence-corrected chi connectivity index (χ4v) is 2.53. The lowest BCUT2D eigenvalue weighted by Crippen LogP contribution is -2.33. The SMILES string of the molecule is CCNC(CC)c1ccccc1OCC(=O)N(C)C1CC1. The molecule has 1 unspecified atom stereocenters. The largest absolute Gasteiger partial charge is 0.483 e. The highest BCUT2D eigenvalue weighted by atomic mass is 16.5. The summed E-state index contributed by atoms with van der Waals surface area (Å²) in [5, 5.41) is 3.45. The Bertz CT molecular complexity index is 472. The first-order valence-electron chi connectivity index (χ1n) is 7.88. The van der Waals surface area contributed by atoms with Gasteiger partial charge in [-0.05, 0) is 31.9 Å². The summed E-state index contributed by atoms with van der Waals surface area (Å²) in [5.74, 6) is 0.867. The van der Waals surface area contributed by atoms with Crippen molar-refractivity contribution in [3.05, 3.63) is 29.8 Å². The van der Waals surface area contributed by atoms with Crippen molar-refractivity contribution in [2.24, 2.45) is 0 Å². The molecule has 0 radical (unpaired) electrons. The first-order valence-corrected chi connectivity index (χ1v) is 7.88. The summed E-state index contributed by atoms with van der Waals surface area (Å²) in [4.78, 5) is 13.9. The van der Waals surface area contributed by atoms with E-state index >= 15 is 0 Å². The lowest BCUT2D eigenvalue weighted by molar-refractivity contribution is -0.132. The normalized spacial score (nSPS) is 15.6. The summed E-state index contributed by atoms with van der Waals surface area (Å²) in [6.45, 7) is 5.28. The lowest BCUT2D eigenvalue weighted by Gasteiger charge is -2.21. The van der Waals surface area contributed by atoms with Crippen LogP contribution in [-0.4, -0.2) is 37.0 Å². The molecule has 0 saturated heterocycles. The van der Waals surface area contributed by atoms with Crippen molar-refractivity contribution in [3.63, 3.8) is 0 Å². The number of likely N-dealkylation sites (N-methyl/N-ethyl adjacent to an activating group) is 1. The minimum Gasteiger partial charge on any atom is -0.483 e. The molecule has 1 aromatic carbocycles. The Kier molecular flexibility index (Phi) is 5.62. The van der Waals surface area contributed by atoms with Crippen LogP contribution in [0.2, 0.25) is 0 Å². The van der Waals surface area contributed by atoms with Crippen molar-refractivity contribution < 1.29 is 9.53 Å². The van der Waals surface area contributed by atoms with Crippen molar-refractivity contribution in [1.82, 2.24) is 10.2 Å². The summed E-state index contributed by atoms with van der Waals surface area (Å²) >= 11 is 0. The van der Waals surface area contributed by atoms with Crippen LogP contribution in [0.25, 0.3) is 0 Å². The van der Waals surface area contributed by atoms with Crippen LogP contribution in [0, 0.1) is 0 Å². The first-order chi connectivity index (χ1) is 10.2. The van der Waals surface area contributed by atoms with Crippen LogP contribution in [0.5, 0.6) is 5.75 Å². The van der Waals surface area contributed by atoms with Crippen molar-refractivity contribution in [2.45, 2.75) is 45.2 Å². The molecule has 1 amide bonds. The molecular weight excluding hydrogens is 264 g/mol. The van der Waals surface area contributed by atoms with E-state index in [0.29, 0.717) is 6.04 Å². The fourth-order valence-electron chi connectivity index (χ4n) is 2.53. The van der Waals surface area contributed by atoms with Crippen molar-refractivity contribution in [2.75, 3.05) is 20.2 Å². The van der Waals surface area contributed by atoms with Crippen LogP contribution in [0.4, 0.5) is 0 Å². The van der Waals surface area contributed by atoms with Crippen LogP contribution in [0.15, 0.2) is 24.3 Å². The molecule has 0 spiro atoms. The number of nitrogens with zero attached hydrogens (tertiary/aromatic N) is 1. The zero-order chi connectivity index (χ0) is 15.2. The van der Waals surface area contributed by atoms with Crippen molar-refractivity contribution in [1.29, 1.82) is 0 Å². The highest BCUT2D eigenvalue weighted by Gasteiger charge is 2.29. The molecule has 1 aliphatic carbocycles. The van der Waals surface area contributed by atoms with E-state index in [1.165, 1.54) is 0 Å². The van der Waals surface area contributed by atoms with Gasteiger partial charge < -0.3 is 15.0 Å². The minimum absolute atomic E-state index is 0.0591. The van der Waals surface area contributed by atoms with Gasteiger partial charge in [0.05, 0.1) is 0 Å². The van der Waals surface area contributed by atoms with Crippen molar-refractivity contribution >= 4 is 5.91 Å². The van der Waals surface area contributed by atoms with E-state index in [4.69, 9.17) is 4.74 Å². The number of rotatable bonds is 8. The Morgan fingerprint density at radius 3 is 2.71 bits per heavy atom. The third kappa shape index (κ3) is 4.21. The molecule has 1 aliphatic rings. The van der Waals surface area contributed by atoms with Gasteiger partial charge in [0, 0.05) is 24.7 Å². The number of nitrogens with one attached hydrogen (secondary N) is 1. The number of carbonyl (C=O) groups is 1. The quantitative estimate of drug-likeness (QED) is 0.800. The van der Waals surface area contributed by atoms with Crippen LogP contribution in [-0.2, 0) is 4.79 Å². The number of carbonyl (C=O) groups excluding carboxylic acids is 1. The molecule has 4 nitrogen and oxygen atoms in total. The van der Waals surface area contributed by atoms with Gasteiger partial charge in [0.2, 0.25) is 0 Å². The molecule has 1 fully saturated rings. The minimum atomic E-state index is 0.0591. The predicted octanol–water partition coefficient (Wildman–Crippen LogP) is 2.75. The predicted molar refractivity (Wildman–Crippen MR) is 84.4 cm³/mol. The second kappa shape index (κ2) is 7.46. The number of ether oxygens (including phenoxy) is 1. The second-order valence-corrected chi connectivity index (χ2v) is 5.58. The van der Waals surface area contributed by atoms with E-state index in [1.807, 2.05) is 30.1 Å².